The fourth-order valence-corrected chi connectivity index (χ4v) is 2.16. The van der Waals surface area contributed by atoms with Gasteiger partial charge < -0.3 is 14.6 Å². The van der Waals surface area contributed by atoms with E-state index in [1.807, 2.05) is 0 Å². The number of hydrogen-bond donors (Lipinski definition) is 1. The summed E-state index contributed by atoms with van der Waals surface area (Å²) < 4.78 is 48.3. The Morgan fingerprint density at radius 2 is 1.85 bits per heavy atom. The van der Waals surface area contributed by atoms with Crippen molar-refractivity contribution < 1.29 is 37.3 Å². The maximum atomic E-state index is 12.7. The lowest BCUT2D eigenvalue weighted by atomic mass is 10.1. The molecule has 8 heteroatoms. The van der Waals surface area contributed by atoms with Gasteiger partial charge in [-0.2, -0.15) is 13.2 Å². The minimum atomic E-state index is -4.53. The largest absolute Gasteiger partial charge is 0.493 e. The lowest BCUT2D eigenvalue weighted by Gasteiger charge is -2.09. The van der Waals surface area contributed by atoms with Crippen LogP contribution in [0.25, 0.3) is 6.08 Å². The third-order valence-electron chi connectivity index (χ3n) is 3.44. The van der Waals surface area contributed by atoms with Crippen LogP contribution >= 0.6 is 0 Å². The summed E-state index contributed by atoms with van der Waals surface area (Å²) in [6.07, 6.45) is -1.98. The Morgan fingerprint density at radius 3 is 2.48 bits per heavy atom. The van der Waals surface area contributed by atoms with E-state index in [4.69, 9.17) is 14.6 Å². The second-order valence-corrected chi connectivity index (χ2v) is 5.37. The van der Waals surface area contributed by atoms with Crippen molar-refractivity contribution in [2.75, 3.05) is 13.7 Å². The molecule has 1 N–H and O–H groups in total. The van der Waals surface area contributed by atoms with Gasteiger partial charge >= 0.3 is 12.1 Å². The average molecular weight is 380 g/mol. The summed E-state index contributed by atoms with van der Waals surface area (Å²) in [6.45, 7) is -0.542. The van der Waals surface area contributed by atoms with Gasteiger partial charge in [-0.15, -0.1) is 0 Å². The molecule has 5 nitrogen and oxygen atoms in total. The van der Waals surface area contributed by atoms with Crippen LogP contribution in [0.15, 0.2) is 48.5 Å². The van der Waals surface area contributed by atoms with Crippen molar-refractivity contribution in [2.24, 2.45) is 0 Å². The molecule has 27 heavy (non-hydrogen) atoms. The molecule has 0 saturated heterocycles. The molecule has 0 amide bonds. The first-order valence-electron chi connectivity index (χ1n) is 7.63. The molecule has 0 aliphatic carbocycles. The molecule has 2 aromatic rings. The molecule has 0 atom stereocenters. The Hall–Kier alpha value is -3.29. The van der Waals surface area contributed by atoms with Gasteiger partial charge in [0.2, 0.25) is 0 Å². The number of rotatable bonds is 7. The predicted octanol–water partition coefficient (Wildman–Crippen LogP) is 4.07. The van der Waals surface area contributed by atoms with Gasteiger partial charge in [0.1, 0.15) is 0 Å². The first-order chi connectivity index (χ1) is 12.7. The molecule has 0 aromatic heterocycles. The Bertz CT molecular complexity index is 872. The average Bonchev–Trinajstić information content (AvgIpc) is 2.64. The Balaban J connectivity index is 2.17. The number of halogens is 3. The summed E-state index contributed by atoms with van der Waals surface area (Å²) in [7, 11) is 1.37. The fraction of sp³-hybridized carbons (Fsp3) is 0.158. The number of ether oxygens (including phenoxy) is 2. The third kappa shape index (κ3) is 5.60. The third-order valence-corrected chi connectivity index (χ3v) is 3.44. The van der Waals surface area contributed by atoms with Crippen LogP contribution in [0.3, 0.4) is 0 Å². The van der Waals surface area contributed by atoms with E-state index in [1.54, 1.807) is 6.07 Å². The highest BCUT2D eigenvalue weighted by molar-refractivity contribution is 6.06. The molecule has 0 spiro atoms. The highest BCUT2D eigenvalue weighted by Gasteiger charge is 2.30. The number of carbonyl (C=O) groups excluding carboxylic acids is 1. The zero-order valence-corrected chi connectivity index (χ0v) is 14.1. The number of carboxylic acid groups (broad SMARTS) is 1. The molecule has 2 aromatic carbocycles. The van der Waals surface area contributed by atoms with Gasteiger partial charge in [0, 0.05) is 5.56 Å². The van der Waals surface area contributed by atoms with Crippen molar-refractivity contribution >= 4 is 17.8 Å². The lowest BCUT2D eigenvalue weighted by Crippen LogP contribution is -2.10. The molecule has 0 fully saturated rings. The van der Waals surface area contributed by atoms with Crippen LogP contribution in [-0.4, -0.2) is 30.6 Å². The van der Waals surface area contributed by atoms with E-state index in [-0.39, 0.29) is 17.1 Å². The van der Waals surface area contributed by atoms with E-state index in [0.717, 1.165) is 18.2 Å². The number of alkyl halides is 3. The highest BCUT2D eigenvalue weighted by Crippen LogP contribution is 2.30. The number of hydrogen-bond acceptors (Lipinski definition) is 4. The minimum absolute atomic E-state index is 0.0885. The second kappa shape index (κ2) is 8.39. The minimum Gasteiger partial charge on any atom is -0.493 e. The number of benzene rings is 2. The fourth-order valence-electron chi connectivity index (χ4n) is 2.16. The monoisotopic (exact) mass is 380 g/mol. The number of carbonyl (C=O) groups is 2. The van der Waals surface area contributed by atoms with Crippen LogP contribution in [-0.2, 0) is 11.0 Å². The van der Waals surface area contributed by atoms with Gasteiger partial charge in [0.25, 0.3) is 0 Å². The number of carboxylic acids is 1. The molecule has 0 unspecified atom stereocenters. The molecule has 142 valence electrons. The Kier molecular flexibility index (Phi) is 6.23. The zero-order valence-electron chi connectivity index (χ0n) is 14.1. The standard InChI is InChI=1S/C19H15F3O5/c1-26-17-9-12(6-8-16(17)27-11-18(24)25)5-7-15(23)13-3-2-4-14(10-13)19(20,21)22/h2-10H,11H2,1H3,(H,24,25)/b7-5+. The Labute approximate surface area is 152 Å². The molecule has 0 aliphatic heterocycles. The van der Waals surface area contributed by atoms with Crippen LogP contribution in [0.2, 0.25) is 0 Å². The molecular weight excluding hydrogens is 365 g/mol. The van der Waals surface area contributed by atoms with Crippen LogP contribution < -0.4 is 9.47 Å². The Morgan fingerprint density at radius 1 is 1.11 bits per heavy atom. The first-order valence-corrected chi connectivity index (χ1v) is 7.63. The molecule has 0 saturated carbocycles. The lowest BCUT2D eigenvalue weighted by molar-refractivity contribution is -0.139. The molecular formula is C19H15F3O5. The normalized spacial score (nSPS) is 11.4. The number of allylic oxidation sites excluding steroid dienone is 1. The SMILES string of the molecule is COc1cc(/C=C/C(=O)c2cccc(C(F)(F)F)c2)ccc1OCC(=O)O. The van der Waals surface area contributed by atoms with E-state index in [9.17, 15) is 22.8 Å². The van der Waals surface area contributed by atoms with Crippen LogP contribution in [0, 0.1) is 0 Å². The molecule has 2 rings (SSSR count). The van der Waals surface area contributed by atoms with Crippen molar-refractivity contribution in [3.63, 3.8) is 0 Å². The topological polar surface area (TPSA) is 72.8 Å². The van der Waals surface area contributed by atoms with E-state index >= 15 is 0 Å². The summed E-state index contributed by atoms with van der Waals surface area (Å²) >= 11 is 0. The van der Waals surface area contributed by atoms with Crippen molar-refractivity contribution in [1.29, 1.82) is 0 Å². The van der Waals surface area contributed by atoms with Crippen molar-refractivity contribution in [3.8, 4) is 11.5 Å². The molecule has 0 bridgehead atoms. The number of ketones is 1. The van der Waals surface area contributed by atoms with E-state index < -0.39 is 30.1 Å². The van der Waals surface area contributed by atoms with Crippen LogP contribution in [0.1, 0.15) is 21.5 Å². The number of methoxy groups -OCH3 is 1. The van der Waals surface area contributed by atoms with Crippen molar-refractivity contribution in [2.45, 2.75) is 6.18 Å². The maximum Gasteiger partial charge on any atom is 0.416 e. The van der Waals surface area contributed by atoms with Gasteiger partial charge in [-0.05, 0) is 35.9 Å². The van der Waals surface area contributed by atoms with Gasteiger partial charge in [-0.1, -0.05) is 24.3 Å². The van der Waals surface area contributed by atoms with E-state index in [2.05, 4.69) is 0 Å². The smallest absolute Gasteiger partial charge is 0.416 e. The molecule has 0 aliphatic rings. The van der Waals surface area contributed by atoms with E-state index in [0.29, 0.717) is 5.56 Å². The van der Waals surface area contributed by atoms with Crippen LogP contribution in [0.5, 0.6) is 11.5 Å². The van der Waals surface area contributed by atoms with Gasteiger partial charge in [0.15, 0.2) is 23.9 Å². The number of aliphatic carboxylic acids is 1. The highest BCUT2D eigenvalue weighted by atomic mass is 19.4. The van der Waals surface area contributed by atoms with Gasteiger partial charge in [0.05, 0.1) is 12.7 Å². The summed E-state index contributed by atoms with van der Waals surface area (Å²) in [6, 6.07) is 8.67. The van der Waals surface area contributed by atoms with Crippen molar-refractivity contribution in [3.05, 3.63) is 65.2 Å². The first kappa shape index (κ1) is 20.0. The van der Waals surface area contributed by atoms with E-state index in [1.165, 1.54) is 37.5 Å². The summed E-state index contributed by atoms with van der Waals surface area (Å²) in [4.78, 5) is 22.7. The summed E-state index contributed by atoms with van der Waals surface area (Å²) in [5.41, 5.74) is -0.465. The molecule has 0 radical (unpaired) electrons. The maximum absolute atomic E-state index is 12.7. The molecule has 0 heterocycles. The van der Waals surface area contributed by atoms with Crippen LogP contribution in [0.4, 0.5) is 13.2 Å². The predicted molar refractivity (Wildman–Crippen MR) is 90.9 cm³/mol. The summed E-state index contributed by atoms with van der Waals surface area (Å²) in [5, 5.41) is 8.63. The van der Waals surface area contributed by atoms with Crippen molar-refractivity contribution in [1.82, 2.24) is 0 Å². The van der Waals surface area contributed by atoms with Gasteiger partial charge in [-0.25, -0.2) is 4.79 Å². The second-order valence-electron chi connectivity index (χ2n) is 5.37. The van der Waals surface area contributed by atoms with Gasteiger partial charge in [-0.3, -0.25) is 4.79 Å². The quantitative estimate of drug-likeness (QED) is 0.579. The zero-order chi connectivity index (χ0) is 20.0. The summed E-state index contributed by atoms with van der Waals surface area (Å²) in [5.74, 6) is -1.27.